The van der Waals surface area contributed by atoms with Crippen LogP contribution in [0.1, 0.15) is 45.4 Å². The van der Waals surface area contributed by atoms with Gasteiger partial charge >= 0.3 is 11.9 Å². The van der Waals surface area contributed by atoms with E-state index in [1.807, 2.05) is 0 Å². The number of ether oxygens (including phenoxy) is 1. The fourth-order valence-electron chi connectivity index (χ4n) is 7.77. The number of hydrogen-bond acceptors (Lipinski definition) is 5. The molecule has 0 unspecified atom stereocenters. The van der Waals surface area contributed by atoms with E-state index in [1.54, 1.807) is 6.92 Å². The predicted molar refractivity (Wildman–Crippen MR) is 85.3 cm³/mol. The van der Waals surface area contributed by atoms with Gasteiger partial charge in [0.15, 0.2) is 0 Å². The standard InChI is InChI=1S/C19H24O6/c1-9-5-17-8-18(9,24)4-3-11(17)19-7-10(20)6-16(2,15(23)25-19)13(19)12(17)14(21)22/h10-13,20,24H,1,3-8H2,2H3,(H,21,22)/t10-,11-,12-,13-,16-,17+,18-,19-/m1/s1. The van der Waals surface area contributed by atoms with Gasteiger partial charge in [0.1, 0.15) is 5.60 Å². The highest BCUT2D eigenvalue weighted by Gasteiger charge is 2.83. The lowest BCUT2D eigenvalue weighted by molar-refractivity contribution is -0.163. The minimum absolute atomic E-state index is 0.147. The van der Waals surface area contributed by atoms with Crippen molar-refractivity contribution in [2.75, 3.05) is 0 Å². The Morgan fingerprint density at radius 1 is 1.36 bits per heavy atom. The topological polar surface area (TPSA) is 104 Å². The van der Waals surface area contributed by atoms with E-state index in [2.05, 4.69) is 6.58 Å². The SMILES string of the molecule is C=C1C[C@]23C[C@]1(O)CC[C@H]2[C@@]12C[C@H](O)C[C@@](C)(C(=O)O1)[C@H]2[C@@H]3C(=O)O. The number of carbonyl (C=O) groups excluding carboxylic acids is 1. The van der Waals surface area contributed by atoms with E-state index in [9.17, 15) is 24.9 Å². The monoisotopic (exact) mass is 348 g/mol. The van der Waals surface area contributed by atoms with Crippen LogP contribution in [0.15, 0.2) is 12.2 Å². The van der Waals surface area contributed by atoms with Crippen LogP contribution >= 0.6 is 0 Å². The Morgan fingerprint density at radius 3 is 2.76 bits per heavy atom. The number of fused-ring (bicyclic) bond motifs is 1. The highest BCUT2D eigenvalue weighted by atomic mass is 16.6. The quantitative estimate of drug-likeness (QED) is 0.487. The third-order valence-electron chi connectivity index (χ3n) is 8.35. The van der Waals surface area contributed by atoms with Crippen LogP contribution in [0.2, 0.25) is 0 Å². The number of rotatable bonds is 1. The highest BCUT2D eigenvalue weighted by Crippen LogP contribution is 2.78. The Hall–Kier alpha value is -1.40. The Morgan fingerprint density at radius 2 is 2.08 bits per heavy atom. The van der Waals surface area contributed by atoms with Crippen LogP contribution in [0.4, 0.5) is 0 Å². The molecule has 0 aromatic carbocycles. The summed E-state index contributed by atoms with van der Waals surface area (Å²) < 4.78 is 5.96. The van der Waals surface area contributed by atoms with E-state index < -0.39 is 45.9 Å². The van der Waals surface area contributed by atoms with E-state index in [0.717, 1.165) is 0 Å². The average Bonchev–Trinajstić information content (AvgIpc) is 2.88. The summed E-state index contributed by atoms with van der Waals surface area (Å²) >= 11 is 0. The summed E-state index contributed by atoms with van der Waals surface area (Å²) in [6.07, 6.45) is 1.85. The number of carboxylic acids is 1. The molecule has 4 saturated carbocycles. The van der Waals surface area contributed by atoms with Crippen molar-refractivity contribution in [1.29, 1.82) is 0 Å². The minimum atomic E-state index is -1.00. The number of carbonyl (C=O) groups is 2. The number of esters is 1. The molecule has 1 spiro atoms. The molecule has 0 amide bonds. The summed E-state index contributed by atoms with van der Waals surface area (Å²) in [6.45, 7) is 5.80. The second-order valence-corrected chi connectivity index (χ2v) is 9.43. The van der Waals surface area contributed by atoms with E-state index >= 15 is 0 Å². The maximum atomic E-state index is 12.7. The molecule has 6 heteroatoms. The lowest BCUT2D eigenvalue weighted by Crippen LogP contribution is -2.51. The van der Waals surface area contributed by atoms with Gasteiger partial charge in [-0.2, -0.15) is 0 Å². The molecule has 6 nitrogen and oxygen atoms in total. The maximum absolute atomic E-state index is 12.7. The lowest BCUT2D eigenvalue weighted by atomic mass is 9.59. The van der Waals surface area contributed by atoms with Gasteiger partial charge in [0.25, 0.3) is 0 Å². The molecule has 1 heterocycles. The van der Waals surface area contributed by atoms with Crippen molar-refractivity contribution in [2.45, 2.75) is 62.8 Å². The zero-order valence-electron chi connectivity index (χ0n) is 14.3. The number of aliphatic carboxylic acids is 1. The first-order valence-electron chi connectivity index (χ1n) is 9.14. The van der Waals surface area contributed by atoms with E-state index in [-0.39, 0.29) is 18.3 Å². The van der Waals surface area contributed by atoms with Gasteiger partial charge in [-0.1, -0.05) is 6.58 Å². The summed E-state index contributed by atoms with van der Waals surface area (Å²) in [5.41, 5.74) is -2.82. The molecule has 5 fully saturated rings. The van der Waals surface area contributed by atoms with Crippen molar-refractivity contribution >= 4 is 11.9 Å². The van der Waals surface area contributed by atoms with Crippen LogP contribution in [0.25, 0.3) is 0 Å². The summed E-state index contributed by atoms with van der Waals surface area (Å²) in [5, 5.41) is 31.6. The average molecular weight is 348 g/mol. The molecule has 4 bridgehead atoms. The Kier molecular flexibility index (Phi) is 2.61. The third-order valence-corrected chi connectivity index (χ3v) is 8.35. The van der Waals surface area contributed by atoms with Gasteiger partial charge < -0.3 is 20.1 Å². The van der Waals surface area contributed by atoms with Gasteiger partial charge in [0.05, 0.1) is 23.0 Å². The molecular formula is C19H24O6. The summed E-state index contributed by atoms with van der Waals surface area (Å²) in [6, 6.07) is 0. The van der Waals surface area contributed by atoms with Crippen LogP contribution in [-0.2, 0) is 14.3 Å². The van der Waals surface area contributed by atoms with Gasteiger partial charge in [-0.3, -0.25) is 9.59 Å². The van der Waals surface area contributed by atoms with Gasteiger partial charge in [0.2, 0.25) is 0 Å². The first-order valence-corrected chi connectivity index (χ1v) is 9.14. The van der Waals surface area contributed by atoms with Crippen molar-refractivity contribution in [3.8, 4) is 0 Å². The van der Waals surface area contributed by atoms with Crippen molar-refractivity contribution < 1.29 is 29.6 Å². The fraction of sp³-hybridized carbons (Fsp3) is 0.789. The van der Waals surface area contributed by atoms with Crippen molar-refractivity contribution in [2.24, 2.45) is 28.6 Å². The predicted octanol–water partition coefficient (Wildman–Crippen LogP) is 1.25. The highest BCUT2D eigenvalue weighted by molar-refractivity contribution is 5.84. The van der Waals surface area contributed by atoms with Crippen LogP contribution < -0.4 is 0 Å². The zero-order chi connectivity index (χ0) is 18.0. The summed E-state index contributed by atoms with van der Waals surface area (Å²) in [5.74, 6) is -2.64. The molecule has 0 aromatic heterocycles. The Balaban J connectivity index is 1.76. The van der Waals surface area contributed by atoms with Crippen LogP contribution in [0.5, 0.6) is 0 Å². The van der Waals surface area contributed by atoms with Crippen LogP contribution in [0.3, 0.4) is 0 Å². The third kappa shape index (κ3) is 1.48. The second kappa shape index (κ2) is 4.12. The van der Waals surface area contributed by atoms with Crippen molar-refractivity contribution in [3.63, 3.8) is 0 Å². The molecule has 25 heavy (non-hydrogen) atoms. The van der Waals surface area contributed by atoms with E-state index in [0.29, 0.717) is 37.7 Å². The lowest BCUT2D eigenvalue weighted by Gasteiger charge is -2.46. The van der Waals surface area contributed by atoms with Crippen LogP contribution in [0, 0.1) is 28.6 Å². The Bertz CT molecular complexity index is 731. The molecule has 4 aliphatic carbocycles. The molecule has 3 N–H and O–H groups in total. The minimum Gasteiger partial charge on any atom is -0.481 e. The van der Waals surface area contributed by atoms with Gasteiger partial charge in [-0.05, 0) is 50.0 Å². The molecule has 1 saturated heterocycles. The summed E-state index contributed by atoms with van der Waals surface area (Å²) in [4.78, 5) is 25.1. The van der Waals surface area contributed by atoms with Gasteiger partial charge in [-0.15, -0.1) is 0 Å². The van der Waals surface area contributed by atoms with Crippen molar-refractivity contribution in [3.05, 3.63) is 12.2 Å². The Labute approximate surface area is 145 Å². The number of aliphatic hydroxyl groups is 2. The smallest absolute Gasteiger partial charge is 0.312 e. The molecule has 136 valence electrons. The molecule has 5 rings (SSSR count). The first kappa shape index (κ1) is 15.8. The normalized spacial score (nSPS) is 58.7. The number of aliphatic hydroxyl groups excluding tert-OH is 1. The fourth-order valence-corrected chi connectivity index (χ4v) is 7.77. The first-order chi connectivity index (χ1) is 11.6. The maximum Gasteiger partial charge on any atom is 0.312 e. The van der Waals surface area contributed by atoms with E-state index in [1.165, 1.54) is 0 Å². The number of carboxylic acid groups (broad SMARTS) is 1. The summed E-state index contributed by atoms with van der Waals surface area (Å²) in [7, 11) is 0. The second-order valence-electron chi connectivity index (χ2n) is 9.43. The molecule has 1 aliphatic heterocycles. The molecule has 5 aliphatic rings. The molecule has 0 aromatic rings. The molecule has 8 atom stereocenters. The van der Waals surface area contributed by atoms with Crippen LogP contribution in [-0.4, -0.2) is 44.6 Å². The molecular weight excluding hydrogens is 324 g/mol. The van der Waals surface area contributed by atoms with Crippen molar-refractivity contribution in [1.82, 2.24) is 0 Å². The zero-order valence-corrected chi connectivity index (χ0v) is 14.3. The molecule has 0 radical (unpaired) electrons. The van der Waals surface area contributed by atoms with E-state index in [4.69, 9.17) is 4.74 Å². The van der Waals surface area contributed by atoms with Gasteiger partial charge in [0, 0.05) is 18.3 Å². The number of hydrogen-bond donors (Lipinski definition) is 3. The van der Waals surface area contributed by atoms with Gasteiger partial charge in [-0.25, -0.2) is 0 Å². The largest absolute Gasteiger partial charge is 0.481 e.